The van der Waals surface area contributed by atoms with Crippen molar-refractivity contribution in [3.8, 4) is 28.3 Å². The first-order valence-corrected chi connectivity index (χ1v) is 14.3. The van der Waals surface area contributed by atoms with Crippen LogP contribution in [0.1, 0.15) is 72.9 Å². The van der Waals surface area contributed by atoms with Gasteiger partial charge in [0.25, 0.3) is 0 Å². The lowest BCUT2D eigenvalue weighted by Gasteiger charge is -2.17. The summed E-state index contributed by atoms with van der Waals surface area (Å²) in [6, 6.07) is 20.3. The summed E-state index contributed by atoms with van der Waals surface area (Å²) in [5.74, 6) is 1.81. The molecule has 0 saturated heterocycles. The largest absolute Gasteiger partial charge is 0.497 e. The molecule has 0 radical (unpaired) electrons. The third-order valence-electron chi connectivity index (χ3n) is 7.85. The normalized spacial score (nSPS) is 13.9. The Kier molecular flexibility index (Phi) is 8.40. The van der Waals surface area contributed by atoms with Crippen molar-refractivity contribution in [1.82, 2.24) is 9.97 Å². The van der Waals surface area contributed by atoms with Crippen molar-refractivity contribution in [3.63, 3.8) is 0 Å². The van der Waals surface area contributed by atoms with E-state index in [1.54, 1.807) is 25.4 Å². The smallest absolute Gasteiger partial charge is 0.132 e. The summed E-state index contributed by atoms with van der Waals surface area (Å²) in [5.41, 5.74) is 8.60. The van der Waals surface area contributed by atoms with Gasteiger partial charge in [-0.2, -0.15) is 0 Å². The number of ether oxygens (including phenoxy) is 1. The Bertz CT molecular complexity index is 1420. The fraction of sp³-hybridized carbons (Fsp3) is 0.371. The lowest BCUT2D eigenvalue weighted by molar-refractivity contribution is 0.414. The van der Waals surface area contributed by atoms with Gasteiger partial charge in [0.15, 0.2) is 0 Å². The summed E-state index contributed by atoms with van der Waals surface area (Å²) in [4.78, 5) is 9.87. The van der Waals surface area contributed by atoms with Gasteiger partial charge in [0.2, 0.25) is 0 Å². The molecule has 3 aromatic carbocycles. The molecule has 202 valence electrons. The van der Waals surface area contributed by atoms with E-state index in [0.29, 0.717) is 28.6 Å². The monoisotopic (exact) mass is 522 g/mol. The zero-order valence-corrected chi connectivity index (χ0v) is 23.6. The Morgan fingerprint density at radius 3 is 2.46 bits per heavy atom. The van der Waals surface area contributed by atoms with Gasteiger partial charge in [-0.3, -0.25) is 4.98 Å². The second-order valence-electron chi connectivity index (χ2n) is 11.1. The van der Waals surface area contributed by atoms with Crippen molar-refractivity contribution < 1.29 is 9.13 Å². The van der Waals surface area contributed by atoms with Gasteiger partial charge in [0.05, 0.1) is 24.2 Å². The summed E-state index contributed by atoms with van der Waals surface area (Å²) in [5, 5.41) is 0. The van der Waals surface area contributed by atoms with Crippen LogP contribution in [0.5, 0.6) is 5.75 Å². The van der Waals surface area contributed by atoms with E-state index in [9.17, 15) is 0 Å². The Labute approximate surface area is 232 Å². The molecule has 1 fully saturated rings. The molecule has 1 saturated carbocycles. The van der Waals surface area contributed by atoms with E-state index in [0.717, 1.165) is 41.1 Å². The van der Waals surface area contributed by atoms with Gasteiger partial charge in [-0.1, -0.05) is 61.2 Å². The number of hydrogen-bond donors (Lipinski definition) is 0. The van der Waals surface area contributed by atoms with Crippen LogP contribution in [0.2, 0.25) is 0 Å². The third kappa shape index (κ3) is 6.55. The van der Waals surface area contributed by atoms with Gasteiger partial charge in [0.1, 0.15) is 11.6 Å². The highest BCUT2D eigenvalue weighted by Crippen LogP contribution is 2.45. The number of nitrogens with zero attached hydrogens (tertiary/aromatic N) is 2. The van der Waals surface area contributed by atoms with E-state index in [2.05, 4.69) is 63.2 Å². The zero-order chi connectivity index (χ0) is 27.4. The number of rotatable bonds is 11. The molecule has 1 aliphatic rings. The average molecular weight is 523 g/mol. The van der Waals surface area contributed by atoms with Gasteiger partial charge in [-0.25, -0.2) is 9.37 Å². The fourth-order valence-corrected chi connectivity index (χ4v) is 5.72. The van der Waals surface area contributed by atoms with Crippen LogP contribution in [0.3, 0.4) is 0 Å². The molecule has 0 amide bonds. The molecule has 0 N–H and O–H groups in total. The highest BCUT2D eigenvalue weighted by molar-refractivity contribution is 5.79. The number of unbranched alkanes of at least 4 members (excludes halogenated alkanes) is 1. The van der Waals surface area contributed by atoms with Crippen LogP contribution in [0.25, 0.3) is 22.5 Å². The first-order chi connectivity index (χ1) is 18.9. The SMILES string of the molecule is CCCCC(c1cccc(CCc2cnc(-c3cc(OC)ccc3F)c(-c3cc(C)cc(C)c3)n2)c1)C1CC1. The number of benzene rings is 3. The van der Waals surface area contributed by atoms with Crippen LogP contribution in [0, 0.1) is 25.6 Å². The molecule has 4 aromatic rings. The highest BCUT2D eigenvalue weighted by atomic mass is 19.1. The number of aromatic nitrogens is 2. The second kappa shape index (κ2) is 12.1. The lowest BCUT2D eigenvalue weighted by Crippen LogP contribution is -2.04. The van der Waals surface area contributed by atoms with Crippen molar-refractivity contribution in [2.24, 2.45) is 5.92 Å². The molecule has 5 rings (SSSR count). The number of methoxy groups -OCH3 is 1. The van der Waals surface area contributed by atoms with Gasteiger partial charge >= 0.3 is 0 Å². The van der Waals surface area contributed by atoms with Crippen LogP contribution in [-0.4, -0.2) is 17.1 Å². The minimum Gasteiger partial charge on any atom is -0.497 e. The number of hydrogen-bond acceptors (Lipinski definition) is 3. The summed E-state index contributed by atoms with van der Waals surface area (Å²) < 4.78 is 20.4. The van der Waals surface area contributed by atoms with Crippen molar-refractivity contribution in [1.29, 1.82) is 0 Å². The lowest BCUT2D eigenvalue weighted by atomic mass is 9.88. The zero-order valence-electron chi connectivity index (χ0n) is 23.6. The minimum absolute atomic E-state index is 0.339. The first-order valence-electron chi connectivity index (χ1n) is 14.3. The van der Waals surface area contributed by atoms with E-state index in [1.165, 1.54) is 49.3 Å². The predicted octanol–water partition coefficient (Wildman–Crippen LogP) is 9.04. The van der Waals surface area contributed by atoms with Crippen molar-refractivity contribution in [3.05, 3.63) is 101 Å². The van der Waals surface area contributed by atoms with E-state index in [4.69, 9.17) is 14.7 Å². The van der Waals surface area contributed by atoms with E-state index >= 15 is 4.39 Å². The summed E-state index contributed by atoms with van der Waals surface area (Å²) in [6.07, 6.45) is 10.1. The molecular formula is C35H39FN2O. The maximum absolute atomic E-state index is 15.0. The maximum Gasteiger partial charge on any atom is 0.132 e. The second-order valence-corrected chi connectivity index (χ2v) is 11.1. The average Bonchev–Trinajstić information content (AvgIpc) is 3.78. The molecule has 0 bridgehead atoms. The molecule has 39 heavy (non-hydrogen) atoms. The molecule has 3 nitrogen and oxygen atoms in total. The standard InChI is InChI=1S/C35H39FN2O/c1-5-6-10-31(26-12-13-26)27-9-7-8-25(20-27)11-14-29-22-37-35(32-21-30(39-4)15-16-33(32)36)34(38-29)28-18-23(2)17-24(3)19-28/h7-9,15-22,26,31H,5-6,10-14H2,1-4H3. The predicted molar refractivity (Wildman–Crippen MR) is 158 cm³/mol. The highest BCUT2D eigenvalue weighted by Gasteiger charge is 2.31. The Morgan fingerprint density at radius 1 is 0.949 bits per heavy atom. The van der Waals surface area contributed by atoms with Crippen LogP contribution in [0.15, 0.2) is 66.9 Å². The van der Waals surface area contributed by atoms with Crippen LogP contribution in [-0.2, 0) is 12.8 Å². The molecule has 1 aromatic heterocycles. The number of halogens is 1. The topological polar surface area (TPSA) is 35.0 Å². The molecule has 4 heteroatoms. The van der Waals surface area contributed by atoms with Gasteiger partial charge in [0, 0.05) is 17.3 Å². The first kappa shape index (κ1) is 27.1. The molecule has 0 aliphatic heterocycles. The van der Waals surface area contributed by atoms with Crippen LogP contribution >= 0.6 is 0 Å². The number of aryl methyl sites for hydroxylation is 4. The van der Waals surface area contributed by atoms with Crippen molar-refractivity contribution >= 4 is 0 Å². The summed E-state index contributed by atoms with van der Waals surface area (Å²) in [6.45, 7) is 6.42. The Morgan fingerprint density at radius 2 is 1.74 bits per heavy atom. The summed E-state index contributed by atoms with van der Waals surface area (Å²) >= 11 is 0. The van der Waals surface area contributed by atoms with E-state index in [1.807, 2.05) is 0 Å². The van der Waals surface area contributed by atoms with Gasteiger partial charge in [-0.05, 0) is 99.2 Å². The minimum atomic E-state index is -0.339. The van der Waals surface area contributed by atoms with Crippen molar-refractivity contribution in [2.45, 2.75) is 71.6 Å². The Balaban J connectivity index is 1.45. The van der Waals surface area contributed by atoms with E-state index < -0.39 is 0 Å². The van der Waals surface area contributed by atoms with Gasteiger partial charge in [-0.15, -0.1) is 0 Å². The molecule has 1 atom stereocenters. The molecule has 0 spiro atoms. The van der Waals surface area contributed by atoms with Crippen LogP contribution in [0.4, 0.5) is 4.39 Å². The summed E-state index contributed by atoms with van der Waals surface area (Å²) in [7, 11) is 1.59. The molecule has 1 aliphatic carbocycles. The third-order valence-corrected chi connectivity index (χ3v) is 7.85. The van der Waals surface area contributed by atoms with Crippen molar-refractivity contribution in [2.75, 3.05) is 7.11 Å². The van der Waals surface area contributed by atoms with E-state index in [-0.39, 0.29) is 5.82 Å². The fourth-order valence-electron chi connectivity index (χ4n) is 5.72. The van der Waals surface area contributed by atoms with Gasteiger partial charge < -0.3 is 4.74 Å². The quantitative estimate of drug-likeness (QED) is 0.197. The molecular weight excluding hydrogens is 483 g/mol. The van der Waals surface area contributed by atoms with Crippen LogP contribution < -0.4 is 4.74 Å². The molecule has 1 heterocycles. The molecule has 1 unspecified atom stereocenters. The maximum atomic E-state index is 15.0. The Hall–Kier alpha value is -3.53.